The van der Waals surface area contributed by atoms with Crippen LogP contribution < -0.4 is 10.8 Å². The number of nitrogens with one attached hydrogen (secondary N) is 1. The number of benzene rings is 1. The van der Waals surface area contributed by atoms with E-state index >= 15 is 0 Å². The second-order valence-corrected chi connectivity index (χ2v) is 7.49. The van der Waals surface area contributed by atoms with Crippen molar-refractivity contribution in [1.29, 1.82) is 0 Å². The third-order valence-corrected chi connectivity index (χ3v) is 5.29. The van der Waals surface area contributed by atoms with Crippen molar-refractivity contribution in [3.63, 3.8) is 0 Å². The third kappa shape index (κ3) is 4.41. The van der Waals surface area contributed by atoms with Gasteiger partial charge in [-0.25, -0.2) is 4.98 Å². The molecule has 0 radical (unpaired) electrons. The summed E-state index contributed by atoms with van der Waals surface area (Å²) >= 11 is 0. The fraction of sp³-hybridized carbons (Fsp3) is 0.217. The lowest BCUT2D eigenvalue weighted by atomic mass is 10.0. The van der Waals surface area contributed by atoms with Crippen LogP contribution in [-0.4, -0.2) is 63.0 Å². The molecule has 1 amide bonds. The molecule has 162 valence electrons. The topological polar surface area (TPSA) is 95.7 Å². The zero-order chi connectivity index (χ0) is 22.5. The molecule has 0 aliphatic heterocycles. The number of nitrogens with zero attached hydrogens (tertiary/aromatic N) is 5. The summed E-state index contributed by atoms with van der Waals surface area (Å²) in [7, 11) is 1.95. The van der Waals surface area contributed by atoms with Crippen molar-refractivity contribution in [2.24, 2.45) is 0 Å². The number of aromatic hydroxyl groups is 1. The second-order valence-electron chi connectivity index (χ2n) is 7.49. The number of fused-ring (bicyclic) bond motifs is 1. The van der Waals surface area contributed by atoms with Crippen molar-refractivity contribution in [2.75, 3.05) is 25.0 Å². The minimum absolute atomic E-state index is 0.0658. The van der Waals surface area contributed by atoms with E-state index in [1.807, 2.05) is 39.0 Å². The van der Waals surface area contributed by atoms with Gasteiger partial charge in [0.05, 0.1) is 5.69 Å². The number of carbonyl (C=O) groups is 1. The molecular formula is C23H25BN6O2. The van der Waals surface area contributed by atoms with Crippen molar-refractivity contribution < 1.29 is 9.90 Å². The van der Waals surface area contributed by atoms with Crippen molar-refractivity contribution in [3.05, 3.63) is 66.6 Å². The standard InChI is InChI=1S/C23H25BN6O2/c1-2-29(23(32)18-9-5-6-11-25-18)13-7-12-26-21-14-19(16-8-3-4-10-20(16)31)28-22-17(24)15-27-30(21)22/h3-6,8-11,14-15,26,31H,2,7,12-13,24H2,1H3. The molecule has 4 aromatic rings. The Morgan fingerprint density at radius 2 is 2.03 bits per heavy atom. The summed E-state index contributed by atoms with van der Waals surface area (Å²) in [4.78, 5) is 23.3. The largest absolute Gasteiger partial charge is 0.507 e. The van der Waals surface area contributed by atoms with Crippen LogP contribution in [0.3, 0.4) is 0 Å². The van der Waals surface area contributed by atoms with Gasteiger partial charge in [-0.3, -0.25) is 9.78 Å². The SMILES string of the molecule is Bc1cnn2c(NCCCN(CC)C(=O)c3ccccn3)cc(-c3ccccc3O)nc12. The van der Waals surface area contributed by atoms with Gasteiger partial charge >= 0.3 is 0 Å². The number of aromatic nitrogens is 4. The first-order valence-electron chi connectivity index (χ1n) is 10.7. The Balaban J connectivity index is 1.48. The van der Waals surface area contributed by atoms with E-state index in [0.29, 0.717) is 36.6 Å². The van der Waals surface area contributed by atoms with Gasteiger partial charge in [0.25, 0.3) is 5.91 Å². The maximum absolute atomic E-state index is 12.6. The van der Waals surface area contributed by atoms with Gasteiger partial charge in [0.2, 0.25) is 0 Å². The third-order valence-electron chi connectivity index (χ3n) is 5.29. The number of amides is 1. The fourth-order valence-electron chi connectivity index (χ4n) is 3.57. The molecule has 0 aliphatic rings. The molecule has 0 saturated carbocycles. The summed E-state index contributed by atoms with van der Waals surface area (Å²) in [6, 6.07) is 14.4. The molecule has 3 aromatic heterocycles. The van der Waals surface area contributed by atoms with Crippen LogP contribution in [-0.2, 0) is 0 Å². The highest BCUT2D eigenvalue weighted by atomic mass is 16.3. The molecule has 2 N–H and O–H groups in total. The van der Waals surface area contributed by atoms with Crippen LogP contribution >= 0.6 is 0 Å². The molecule has 0 bridgehead atoms. The van der Waals surface area contributed by atoms with E-state index in [4.69, 9.17) is 4.98 Å². The number of hydrogen-bond acceptors (Lipinski definition) is 6. The Hall–Kier alpha value is -3.88. The fourth-order valence-corrected chi connectivity index (χ4v) is 3.57. The van der Waals surface area contributed by atoms with Crippen molar-refractivity contribution in [1.82, 2.24) is 24.5 Å². The van der Waals surface area contributed by atoms with Gasteiger partial charge in [0.1, 0.15) is 25.1 Å². The maximum atomic E-state index is 12.6. The van der Waals surface area contributed by atoms with Gasteiger partial charge in [-0.15, -0.1) is 0 Å². The molecule has 3 heterocycles. The highest BCUT2D eigenvalue weighted by molar-refractivity contribution is 6.36. The molecule has 0 aliphatic carbocycles. The minimum Gasteiger partial charge on any atom is -0.507 e. The first-order valence-corrected chi connectivity index (χ1v) is 10.7. The smallest absolute Gasteiger partial charge is 0.272 e. The van der Waals surface area contributed by atoms with Gasteiger partial charge in [0.15, 0.2) is 5.65 Å². The van der Waals surface area contributed by atoms with E-state index in [2.05, 4.69) is 15.4 Å². The van der Waals surface area contributed by atoms with Gasteiger partial charge < -0.3 is 15.3 Å². The summed E-state index contributed by atoms with van der Waals surface area (Å²) in [5.41, 5.74) is 3.47. The number of anilines is 1. The highest BCUT2D eigenvalue weighted by Gasteiger charge is 2.15. The molecule has 0 fully saturated rings. The maximum Gasteiger partial charge on any atom is 0.272 e. The van der Waals surface area contributed by atoms with Gasteiger partial charge in [-0.1, -0.05) is 18.2 Å². The quantitative estimate of drug-likeness (QED) is 0.328. The van der Waals surface area contributed by atoms with E-state index in [-0.39, 0.29) is 11.7 Å². The number of pyridine rings is 1. The van der Waals surface area contributed by atoms with E-state index in [1.54, 1.807) is 46.1 Å². The Kier molecular flexibility index (Phi) is 6.35. The average molecular weight is 428 g/mol. The average Bonchev–Trinajstić information content (AvgIpc) is 3.20. The Bertz CT molecular complexity index is 1230. The van der Waals surface area contributed by atoms with Gasteiger partial charge in [0, 0.05) is 43.7 Å². The van der Waals surface area contributed by atoms with Gasteiger partial charge in [-0.05, 0) is 43.1 Å². The predicted octanol–water partition coefficient (Wildman–Crippen LogP) is 1.72. The summed E-state index contributed by atoms with van der Waals surface area (Å²) in [5.74, 6) is 0.892. The van der Waals surface area contributed by atoms with Crippen molar-refractivity contribution in [2.45, 2.75) is 13.3 Å². The number of carbonyl (C=O) groups excluding carboxylic acids is 1. The molecule has 0 saturated heterocycles. The molecule has 0 spiro atoms. The van der Waals surface area contributed by atoms with E-state index in [9.17, 15) is 9.90 Å². The lowest BCUT2D eigenvalue weighted by Gasteiger charge is -2.20. The van der Waals surface area contributed by atoms with Crippen molar-refractivity contribution >= 4 is 30.7 Å². The summed E-state index contributed by atoms with van der Waals surface area (Å²) < 4.78 is 1.76. The zero-order valence-electron chi connectivity index (χ0n) is 18.2. The van der Waals surface area contributed by atoms with Crippen LogP contribution in [0.2, 0.25) is 0 Å². The number of para-hydroxylation sites is 1. The van der Waals surface area contributed by atoms with Crippen LogP contribution in [0.1, 0.15) is 23.8 Å². The summed E-state index contributed by atoms with van der Waals surface area (Å²) in [5, 5.41) is 18.1. The molecule has 1 aromatic carbocycles. The first kappa shape index (κ1) is 21.4. The molecule has 0 atom stereocenters. The molecule has 0 unspecified atom stereocenters. The molecule has 9 heteroatoms. The van der Waals surface area contributed by atoms with Crippen molar-refractivity contribution in [3.8, 4) is 17.0 Å². The number of phenolic OH excluding ortho intramolecular Hbond substituents is 1. The van der Waals surface area contributed by atoms with Crippen LogP contribution in [0, 0.1) is 0 Å². The van der Waals surface area contributed by atoms with Crippen LogP contribution in [0.15, 0.2) is 60.9 Å². The number of phenols is 1. The highest BCUT2D eigenvalue weighted by Crippen LogP contribution is 2.29. The second kappa shape index (κ2) is 9.51. The normalized spacial score (nSPS) is 10.9. The molecule has 8 nitrogen and oxygen atoms in total. The molecular weight excluding hydrogens is 403 g/mol. The predicted molar refractivity (Wildman–Crippen MR) is 127 cm³/mol. The monoisotopic (exact) mass is 428 g/mol. The Morgan fingerprint density at radius 3 is 2.78 bits per heavy atom. The lowest BCUT2D eigenvalue weighted by molar-refractivity contribution is 0.0758. The van der Waals surface area contributed by atoms with E-state index in [1.165, 1.54) is 0 Å². The van der Waals surface area contributed by atoms with Crippen LogP contribution in [0.25, 0.3) is 16.9 Å². The number of hydrogen-bond donors (Lipinski definition) is 2. The van der Waals surface area contributed by atoms with Crippen LogP contribution in [0.5, 0.6) is 5.75 Å². The zero-order valence-corrected chi connectivity index (χ0v) is 18.2. The minimum atomic E-state index is -0.0658. The van der Waals surface area contributed by atoms with Gasteiger partial charge in [-0.2, -0.15) is 9.61 Å². The lowest BCUT2D eigenvalue weighted by Crippen LogP contribution is -2.33. The van der Waals surface area contributed by atoms with Crippen LogP contribution in [0.4, 0.5) is 5.82 Å². The summed E-state index contributed by atoms with van der Waals surface area (Å²) in [6.07, 6.45) is 4.15. The number of rotatable bonds is 8. The van der Waals surface area contributed by atoms with E-state index < -0.39 is 0 Å². The Labute approximate surface area is 187 Å². The van der Waals surface area contributed by atoms with E-state index in [0.717, 1.165) is 23.3 Å². The summed E-state index contributed by atoms with van der Waals surface area (Å²) in [6.45, 7) is 3.83. The first-order chi connectivity index (χ1) is 15.6. The molecule has 32 heavy (non-hydrogen) atoms. The molecule has 4 rings (SSSR count). The Morgan fingerprint density at radius 1 is 1.22 bits per heavy atom.